The van der Waals surface area contributed by atoms with Crippen LogP contribution < -0.4 is 10.9 Å². The number of sulfonamides is 1. The van der Waals surface area contributed by atoms with Crippen LogP contribution in [0.3, 0.4) is 0 Å². The zero-order chi connectivity index (χ0) is 19.8. The minimum Gasteiger partial charge on any atom is -0.379 e. The van der Waals surface area contributed by atoms with Gasteiger partial charge in [-0.15, -0.1) is 0 Å². The van der Waals surface area contributed by atoms with Crippen molar-refractivity contribution in [3.05, 3.63) is 69.2 Å². The Bertz CT molecular complexity index is 1170. The van der Waals surface area contributed by atoms with Gasteiger partial charge in [0.1, 0.15) is 5.65 Å². The Morgan fingerprint density at radius 1 is 1.19 bits per heavy atom. The average molecular weight is 407 g/mol. The number of fused-ring (bicyclic) bond motifs is 1. The van der Waals surface area contributed by atoms with Gasteiger partial charge in [0.2, 0.25) is 10.0 Å². The molecular formula is C18H19ClN4O3S. The van der Waals surface area contributed by atoms with Gasteiger partial charge in [0, 0.05) is 32.0 Å². The van der Waals surface area contributed by atoms with Crippen LogP contribution in [0.4, 0.5) is 5.69 Å². The van der Waals surface area contributed by atoms with Gasteiger partial charge in [-0.25, -0.2) is 17.7 Å². The summed E-state index contributed by atoms with van der Waals surface area (Å²) in [5, 5.41) is 3.62. The fourth-order valence-electron chi connectivity index (χ4n) is 2.57. The number of anilines is 1. The summed E-state index contributed by atoms with van der Waals surface area (Å²) < 4.78 is 27.2. The molecule has 142 valence electrons. The number of hydrogen-bond acceptors (Lipinski definition) is 5. The van der Waals surface area contributed by atoms with Gasteiger partial charge in [-0.2, -0.15) is 0 Å². The molecule has 0 amide bonds. The zero-order valence-corrected chi connectivity index (χ0v) is 16.7. The average Bonchev–Trinajstić information content (AvgIpc) is 2.61. The highest BCUT2D eigenvalue weighted by Gasteiger charge is 2.18. The second-order valence-corrected chi connectivity index (χ2v) is 8.87. The number of aromatic nitrogens is 2. The van der Waals surface area contributed by atoms with E-state index in [4.69, 9.17) is 11.6 Å². The van der Waals surface area contributed by atoms with E-state index in [-0.39, 0.29) is 17.0 Å². The topological polar surface area (TPSA) is 83.8 Å². The molecular weight excluding hydrogens is 388 g/mol. The largest absolute Gasteiger partial charge is 0.379 e. The van der Waals surface area contributed by atoms with Crippen LogP contribution in [0.25, 0.3) is 5.65 Å². The Labute approximate surface area is 162 Å². The second kappa shape index (κ2) is 7.30. The first kappa shape index (κ1) is 19.3. The number of nitrogens with one attached hydrogen (secondary N) is 1. The van der Waals surface area contributed by atoms with Crippen LogP contribution in [0.2, 0.25) is 5.02 Å². The van der Waals surface area contributed by atoms with Crippen LogP contribution in [-0.2, 0) is 16.6 Å². The van der Waals surface area contributed by atoms with Crippen molar-refractivity contribution in [3.8, 4) is 0 Å². The van der Waals surface area contributed by atoms with Gasteiger partial charge >= 0.3 is 0 Å². The molecule has 2 aromatic heterocycles. The third-order valence-electron chi connectivity index (χ3n) is 4.12. The van der Waals surface area contributed by atoms with Crippen LogP contribution in [0, 0.1) is 6.92 Å². The lowest BCUT2D eigenvalue weighted by Gasteiger charge is -2.15. The van der Waals surface area contributed by atoms with Crippen molar-refractivity contribution in [1.82, 2.24) is 13.7 Å². The number of rotatable bonds is 5. The molecule has 1 aromatic carbocycles. The Hall–Kier alpha value is -2.42. The van der Waals surface area contributed by atoms with Crippen molar-refractivity contribution in [2.75, 3.05) is 19.4 Å². The standard InChI is InChI=1S/C18H19ClN4O3S/c1-12-4-6-15(27(25,26)22(2)3)9-16(12)20-10-14-8-18(24)23-11-13(19)5-7-17(23)21-14/h4-9,11,20H,10H2,1-3H3. The van der Waals surface area contributed by atoms with Gasteiger partial charge in [0.05, 0.1) is 22.2 Å². The van der Waals surface area contributed by atoms with E-state index in [1.807, 2.05) is 6.92 Å². The van der Waals surface area contributed by atoms with E-state index < -0.39 is 10.0 Å². The predicted molar refractivity (Wildman–Crippen MR) is 106 cm³/mol. The lowest BCUT2D eigenvalue weighted by atomic mass is 10.2. The molecule has 0 saturated heterocycles. The minimum absolute atomic E-state index is 0.196. The maximum Gasteiger partial charge on any atom is 0.258 e. The summed E-state index contributed by atoms with van der Waals surface area (Å²) in [6.45, 7) is 2.15. The van der Waals surface area contributed by atoms with E-state index in [9.17, 15) is 13.2 Å². The van der Waals surface area contributed by atoms with E-state index in [0.717, 1.165) is 5.56 Å². The van der Waals surface area contributed by atoms with Crippen LogP contribution >= 0.6 is 11.6 Å². The summed E-state index contributed by atoms with van der Waals surface area (Å²) >= 11 is 5.91. The van der Waals surface area contributed by atoms with Gasteiger partial charge in [0.15, 0.2) is 0 Å². The maximum absolute atomic E-state index is 12.3. The summed E-state index contributed by atoms with van der Waals surface area (Å²) in [5.74, 6) is 0. The van der Waals surface area contributed by atoms with E-state index >= 15 is 0 Å². The smallest absolute Gasteiger partial charge is 0.258 e. The van der Waals surface area contributed by atoms with Gasteiger partial charge in [-0.1, -0.05) is 17.7 Å². The van der Waals surface area contributed by atoms with Crippen molar-refractivity contribution < 1.29 is 8.42 Å². The number of pyridine rings is 1. The molecule has 0 aliphatic rings. The molecule has 0 saturated carbocycles. The third-order valence-corrected chi connectivity index (χ3v) is 6.16. The van der Waals surface area contributed by atoms with Crippen LogP contribution in [0.5, 0.6) is 0 Å². The SMILES string of the molecule is Cc1ccc(S(=O)(=O)N(C)C)cc1NCc1cc(=O)n2cc(Cl)ccc2n1. The summed E-state index contributed by atoms with van der Waals surface area (Å²) in [4.78, 5) is 16.9. The first-order valence-corrected chi connectivity index (χ1v) is 9.95. The quantitative estimate of drug-likeness (QED) is 0.703. The fraction of sp³-hybridized carbons (Fsp3) is 0.222. The molecule has 0 spiro atoms. The van der Waals surface area contributed by atoms with E-state index in [1.54, 1.807) is 30.3 Å². The molecule has 7 nitrogen and oxygen atoms in total. The van der Waals surface area contributed by atoms with E-state index in [0.29, 0.717) is 22.1 Å². The van der Waals surface area contributed by atoms with Crippen molar-refractivity contribution in [3.63, 3.8) is 0 Å². The number of aryl methyl sites for hydroxylation is 1. The lowest BCUT2D eigenvalue weighted by Crippen LogP contribution is -2.22. The Kier molecular flexibility index (Phi) is 5.23. The molecule has 0 radical (unpaired) electrons. The summed E-state index contributed by atoms with van der Waals surface area (Å²) in [5.41, 5.74) is 2.35. The fourth-order valence-corrected chi connectivity index (χ4v) is 3.65. The lowest BCUT2D eigenvalue weighted by molar-refractivity contribution is 0.521. The Morgan fingerprint density at radius 2 is 1.93 bits per heavy atom. The Morgan fingerprint density at radius 3 is 2.63 bits per heavy atom. The highest BCUT2D eigenvalue weighted by atomic mass is 35.5. The molecule has 3 rings (SSSR count). The second-order valence-electron chi connectivity index (χ2n) is 6.28. The molecule has 0 atom stereocenters. The number of hydrogen-bond donors (Lipinski definition) is 1. The monoisotopic (exact) mass is 406 g/mol. The van der Waals surface area contributed by atoms with E-state index in [1.165, 1.54) is 35.1 Å². The highest BCUT2D eigenvalue weighted by molar-refractivity contribution is 7.89. The van der Waals surface area contributed by atoms with Crippen molar-refractivity contribution in [1.29, 1.82) is 0 Å². The van der Waals surface area contributed by atoms with Crippen LogP contribution in [0.1, 0.15) is 11.3 Å². The molecule has 1 N–H and O–H groups in total. The molecule has 0 unspecified atom stereocenters. The molecule has 2 heterocycles. The zero-order valence-electron chi connectivity index (χ0n) is 15.1. The molecule has 0 aliphatic carbocycles. The van der Waals surface area contributed by atoms with Crippen molar-refractivity contribution >= 4 is 33.0 Å². The number of nitrogens with zero attached hydrogens (tertiary/aromatic N) is 3. The third kappa shape index (κ3) is 3.97. The van der Waals surface area contributed by atoms with Gasteiger partial charge in [-0.3, -0.25) is 9.20 Å². The van der Waals surface area contributed by atoms with Crippen molar-refractivity contribution in [2.45, 2.75) is 18.4 Å². The summed E-state index contributed by atoms with van der Waals surface area (Å²) in [6, 6.07) is 9.65. The minimum atomic E-state index is -3.53. The summed E-state index contributed by atoms with van der Waals surface area (Å²) in [7, 11) is -0.553. The molecule has 0 aliphatic heterocycles. The van der Waals surface area contributed by atoms with Gasteiger partial charge in [0.25, 0.3) is 5.56 Å². The predicted octanol–water partition coefficient (Wildman–Crippen LogP) is 2.52. The molecule has 9 heteroatoms. The van der Waals surface area contributed by atoms with Crippen molar-refractivity contribution in [2.24, 2.45) is 0 Å². The normalized spacial score (nSPS) is 11.9. The first-order valence-electron chi connectivity index (χ1n) is 8.13. The first-order chi connectivity index (χ1) is 12.7. The molecule has 3 aromatic rings. The van der Waals surface area contributed by atoms with Crippen LogP contribution in [0.15, 0.2) is 52.3 Å². The number of halogens is 1. The van der Waals surface area contributed by atoms with Gasteiger partial charge < -0.3 is 5.32 Å². The van der Waals surface area contributed by atoms with Gasteiger partial charge in [-0.05, 0) is 36.8 Å². The van der Waals surface area contributed by atoms with E-state index in [2.05, 4.69) is 10.3 Å². The maximum atomic E-state index is 12.3. The summed E-state index contributed by atoms with van der Waals surface area (Å²) in [6.07, 6.45) is 1.52. The van der Waals surface area contributed by atoms with Crippen LogP contribution in [-0.4, -0.2) is 36.2 Å². The Balaban J connectivity index is 1.90. The molecule has 0 fully saturated rings. The highest BCUT2D eigenvalue weighted by Crippen LogP contribution is 2.22. The molecule has 0 bridgehead atoms. The molecule has 27 heavy (non-hydrogen) atoms. The number of benzene rings is 1.